The zero-order valence-corrected chi connectivity index (χ0v) is 19.5. The van der Waals surface area contributed by atoms with E-state index in [1.807, 2.05) is 66.1 Å². The molecule has 3 aromatic carbocycles. The Morgan fingerprint density at radius 1 is 1.00 bits per heavy atom. The van der Waals surface area contributed by atoms with Crippen LogP contribution in [0.5, 0.6) is 11.5 Å². The first kappa shape index (κ1) is 23.3. The van der Waals surface area contributed by atoms with Crippen molar-refractivity contribution < 1.29 is 18.7 Å². The molecule has 1 amide bonds. The van der Waals surface area contributed by atoms with Crippen molar-refractivity contribution in [3.63, 3.8) is 0 Å². The summed E-state index contributed by atoms with van der Waals surface area (Å²) in [6.07, 6.45) is -0.428. The highest BCUT2D eigenvalue weighted by molar-refractivity contribution is 7.99. The molecular weight excluding hydrogens is 455 g/mol. The molecule has 174 valence electrons. The fourth-order valence-electron chi connectivity index (χ4n) is 3.25. The van der Waals surface area contributed by atoms with Crippen molar-refractivity contribution in [1.82, 2.24) is 14.8 Å². The van der Waals surface area contributed by atoms with E-state index in [1.54, 1.807) is 19.2 Å². The van der Waals surface area contributed by atoms with Gasteiger partial charge in [-0.1, -0.05) is 42.1 Å². The van der Waals surface area contributed by atoms with E-state index in [2.05, 4.69) is 15.5 Å². The minimum Gasteiger partial charge on any atom is -0.497 e. The second-order valence-corrected chi connectivity index (χ2v) is 8.21. The molecule has 0 bridgehead atoms. The molecular formula is C25H23FN4O3S. The van der Waals surface area contributed by atoms with E-state index >= 15 is 0 Å². The Kier molecular flexibility index (Phi) is 7.44. The van der Waals surface area contributed by atoms with E-state index in [0.29, 0.717) is 16.7 Å². The molecule has 1 unspecified atom stereocenters. The first-order valence-corrected chi connectivity index (χ1v) is 11.5. The second-order valence-electron chi connectivity index (χ2n) is 7.26. The number of rotatable bonds is 9. The predicted octanol–water partition coefficient (Wildman–Crippen LogP) is 5.29. The van der Waals surface area contributed by atoms with E-state index in [0.717, 1.165) is 11.4 Å². The van der Waals surface area contributed by atoms with Crippen LogP contribution in [-0.4, -0.2) is 33.5 Å². The van der Waals surface area contributed by atoms with Crippen LogP contribution in [-0.2, 0) is 4.79 Å². The Balaban J connectivity index is 1.53. The lowest BCUT2D eigenvalue weighted by Gasteiger charge is -2.17. The van der Waals surface area contributed by atoms with Gasteiger partial charge in [0.2, 0.25) is 5.91 Å². The molecule has 0 aliphatic carbocycles. The maximum atomic E-state index is 13.8. The summed E-state index contributed by atoms with van der Waals surface area (Å²) in [5.41, 5.74) is 0.976. The number of ether oxygens (including phenoxy) is 2. The number of hydrogen-bond donors (Lipinski definition) is 1. The van der Waals surface area contributed by atoms with Gasteiger partial charge in [-0.25, -0.2) is 4.39 Å². The van der Waals surface area contributed by atoms with Gasteiger partial charge in [0.15, 0.2) is 17.1 Å². The Morgan fingerprint density at radius 2 is 1.68 bits per heavy atom. The molecule has 4 rings (SSSR count). The molecule has 0 saturated carbocycles. The summed E-state index contributed by atoms with van der Waals surface area (Å²) >= 11 is 1.21. The average molecular weight is 479 g/mol. The van der Waals surface area contributed by atoms with Gasteiger partial charge in [-0.2, -0.15) is 0 Å². The van der Waals surface area contributed by atoms with Crippen molar-refractivity contribution in [3.05, 3.63) is 90.5 Å². The third-order valence-electron chi connectivity index (χ3n) is 4.89. The number of benzene rings is 3. The summed E-state index contributed by atoms with van der Waals surface area (Å²) in [6, 6.07) is 22.9. The standard InChI is InChI=1S/C25H23FN4O3S/c1-17(33-20-14-12-19(32-2)13-15-20)24-28-29-25(30(24)18-8-4-3-5-9-18)34-16-23(31)27-22-11-7-6-10-21(22)26/h3-15,17H,16H2,1-2H3,(H,27,31). The van der Waals surface area contributed by atoms with Crippen molar-refractivity contribution in [3.8, 4) is 17.2 Å². The number of methoxy groups -OCH3 is 1. The van der Waals surface area contributed by atoms with Gasteiger partial charge in [-0.3, -0.25) is 9.36 Å². The smallest absolute Gasteiger partial charge is 0.234 e. The van der Waals surface area contributed by atoms with Crippen LogP contribution >= 0.6 is 11.8 Å². The molecule has 0 aliphatic heterocycles. The van der Waals surface area contributed by atoms with E-state index in [4.69, 9.17) is 9.47 Å². The van der Waals surface area contributed by atoms with Crippen LogP contribution < -0.4 is 14.8 Å². The van der Waals surface area contributed by atoms with Crippen molar-refractivity contribution >= 4 is 23.4 Å². The van der Waals surface area contributed by atoms with Gasteiger partial charge in [0, 0.05) is 5.69 Å². The summed E-state index contributed by atoms with van der Waals surface area (Å²) in [7, 11) is 1.61. The van der Waals surface area contributed by atoms with E-state index in [-0.39, 0.29) is 17.3 Å². The molecule has 0 radical (unpaired) electrons. The van der Waals surface area contributed by atoms with E-state index in [1.165, 1.54) is 23.9 Å². The second kappa shape index (κ2) is 10.8. The van der Waals surface area contributed by atoms with Gasteiger partial charge in [0.1, 0.15) is 17.3 Å². The van der Waals surface area contributed by atoms with Crippen LogP contribution in [0, 0.1) is 5.82 Å². The van der Waals surface area contributed by atoms with Gasteiger partial charge >= 0.3 is 0 Å². The highest BCUT2D eigenvalue weighted by atomic mass is 32.2. The Morgan fingerprint density at radius 3 is 2.38 bits per heavy atom. The van der Waals surface area contributed by atoms with Crippen LogP contribution in [0.1, 0.15) is 18.9 Å². The molecule has 0 spiro atoms. The minimum atomic E-state index is -0.486. The molecule has 1 aromatic heterocycles. The lowest BCUT2D eigenvalue weighted by molar-refractivity contribution is -0.113. The number of hydrogen-bond acceptors (Lipinski definition) is 6. The molecule has 9 heteroatoms. The summed E-state index contributed by atoms with van der Waals surface area (Å²) in [5, 5.41) is 11.8. The molecule has 0 fully saturated rings. The molecule has 0 aliphatic rings. The van der Waals surface area contributed by atoms with E-state index in [9.17, 15) is 9.18 Å². The SMILES string of the molecule is COc1ccc(OC(C)c2nnc(SCC(=O)Nc3ccccc3F)n2-c2ccccc2)cc1. The molecule has 1 heterocycles. The van der Waals surface area contributed by atoms with Crippen molar-refractivity contribution in [1.29, 1.82) is 0 Å². The van der Waals surface area contributed by atoms with Crippen LogP contribution in [0.3, 0.4) is 0 Å². The zero-order chi connectivity index (χ0) is 23.9. The fraction of sp³-hybridized carbons (Fsp3) is 0.160. The maximum absolute atomic E-state index is 13.8. The lowest BCUT2D eigenvalue weighted by Crippen LogP contribution is -2.16. The average Bonchev–Trinajstić information content (AvgIpc) is 3.29. The number of nitrogens with one attached hydrogen (secondary N) is 1. The van der Waals surface area contributed by atoms with Gasteiger partial charge in [-0.15, -0.1) is 10.2 Å². The quantitative estimate of drug-likeness (QED) is 0.330. The van der Waals surface area contributed by atoms with Crippen LogP contribution in [0.15, 0.2) is 84.0 Å². The predicted molar refractivity (Wildman–Crippen MR) is 129 cm³/mol. The number of anilines is 1. The number of carbonyl (C=O) groups is 1. The van der Waals surface area contributed by atoms with Crippen LogP contribution in [0.2, 0.25) is 0 Å². The van der Waals surface area contributed by atoms with Crippen molar-refractivity contribution in [2.75, 3.05) is 18.2 Å². The highest BCUT2D eigenvalue weighted by Gasteiger charge is 2.22. The minimum absolute atomic E-state index is 0.0347. The topological polar surface area (TPSA) is 78.3 Å². The fourth-order valence-corrected chi connectivity index (χ4v) is 4.01. The first-order valence-electron chi connectivity index (χ1n) is 10.5. The Bertz CT molecular complexity index is 1250. The summed E-state index contributed by atoms with van der Waals surface area (Å²) in [4.78, 5) is 12.4. The molecule has 7 nitrogen and oxygen atoms in total. The maximum Gasteiger partial charge on any atom is 0.234 e. The van der Waals surface area contributed by atoms with Gasteiger partial charge in [-0.05, 0) is 55.5 Å². The third-order valence-corrected chi connectivity index (χ3v) is 5.82. The normalized spacial score (nSPS) is 11.6. The van der Waals surface area contributed by atoms with Crippen molar-refractivity contribution in [2.45, 2.75) is 18.2 Å². The van der Waals surface area contributed by atoms with Gasteiger partial charge < -0.3 is 14.8 Å². The molecule has 1 atom stereocenters. The number of nitrogens with zero attached hydrogens (tertiary/aromatic N) is 3. The van der Waals surface area contributed by atoms with E-state index < -0.39 is 11.9 Å². The highest BCUT2D eigenvalue weighted by Crippen LogP contribution is 2.28. The first-order chi connectivity index (χ1) is 16.5. The Hall–Kier alpha value is -3.85. The molecule has 4 aromatic rings. The number of thioether (sulfide) groups is 1. The number of carbonyl (C=O) groups excluding carboxylic acids is 1. The van der Waals surface area contributed by atoms with Crippen LogP contribution in [0.4, 0.5) is 10.1 Å². The number of halogens is 1. The summed E-state index contributed by atoms with van der Waals surface area (Å²) < 4.78 is 27.0. The number of aromatic nitrogens is 3. The number of para-hydroxylation sites is 2. The Labute approximate surface area is 200 Å². The third kappa shape index (κ3) is 5.55. The van der Waals surface area contributed by atoms with Gasteiger partial charge in [0.25, 0.3) is 0 Å². The largest absolute Gasteiger partial charge is 0.497 e. The molecule has 1 N–H and O–H groups in total. The summed E-state index contributed by atoms with van der Waals surface area (Å²) in [5.74, 6) is 1.18. The lowest BCUT2D eigenvalue weighted by atomic mass is 10.3. The monoisotopic (exact) mass is 478 g/mol. The summed E-state index contributed by atoms with van der Waals surface area (Å²) in [6.45, 7) is 1.88. The zero-order valence-electron chi connectivity index (χ0n) is 18.6. The van der Waals surface area contributed by atoms with Crippen molar-refractivity contribution in [2.24, 2.45) is 0 Å². The van der Waals surface area contributed by atoms with Gasteiger partial charge in [0.05, 0.1) is 18.6 Å². The van der Waals surface area contributed by atoms with Crippen LogP contribution in [0.25, 0.3) is 5.69 Å². The molecule has 0 saturated heterocycles. The molecule has 34 heavy (non-hydrogen) atoms. The number of amides is 1.